The summed E-state index contributed by atoms with van der Waals surface area (Å²) in [5.74, 6) is -2.00. The van der Waals surface area contributed by atoms with Gasteiger partial charge in [0.25, 0.3) is 0 Å². The standard InChI is InChI=1S/C28H27NO4/c1-19-13-15-22(16-14-19)25(20(2)26(30)23-11-7-4-8-12-23)27(31)29-24(18-33-28(29)32)17-21-9-5-3-6-10-21/h3-16,20,24-25H,17-18H2,1-2H3/t20?,24-,25+/m1/s1. The van der Waals surface area contributed by atoms with Gasteiger partial charge >= 0.3 is 6.09 Å². The van der Waals surface area contributed by atoms with E-state index in [1.54, 1.807) is 31.2 Å². The third-order valence-electron chi connectivity index (χ3n) is 6.19. The molecule has 33 heavy (non-hydrogen) atoms. The van der Waals surface area contributed by atoms with Gasteiger partial charge in [0, 0.05) is 11.5 Å². The Balaban J connectivity index is 1.68. The van der Waals surface area contributed by atoms with Crippen LogP contribution in [0.25, 0.3) is 0 Å². The van der Waals surface area contributed by atoms with Gasteiger partial charge in [-0.15, -0.1) is 0 Å². The fourth-order valence-electron chi connectivity index (χ4n) is 4.35. The summed E-state index contributed by atoms with van der Waals surface area (Å²) in [4.78, 5) is 41.1. The predicted molar refractivity (Wildman–Crippen MR) is 126 cm³/mol. The summed E-state index contributed by atoms with van der Waals surface area (Å²) >= 11 is 0. The summed E-state index contributed by atoms with van der Waals surface area (Å²) < 4.78 is 5.28. The van der Waals surface area contributed by atoms with Gasteiger partial charge in [-0.2, -0.15) is 0 Å². The number of nitrogens with zero attached hydrogens (tertiary/aromatic N) is 1. The van der Waals surface area contributed by atoms with E-state index in [0.717, 1.165) is 11.1 Å². The van der Waals surface area contributed by atoms with Crippen molar-refractivity contribution in [2.75, 3.05) is 6.61 Å². The lowest BCUT2D eigenvalue weighted by Crippen LogP contribution is -2.45. The molecule has 2 amide bonds. The number of carbonyl (C=O) groups is 3. The minimum absolute atomic E-state index is 0.137. The molecule has 0 bridgehead atoms. The molecular formula is C28H27NO4. The highest BCUT2D eigenvalue weighted by Gasteiger charge is 2.44. The molecule has 0 aromatic heterocycles. The lowest BCUT2D eigenvalue weighted by molar-refractivity contribution is -0.131. The molecule has 5 heteroatoms. The van der Waals surface area contributed by atoms with Crippen molar-refractivity contribution in [2.24, 2.45) is 5.92 Å². The van der Waals surface area contributed by atoms with Crippen molar-refractivity contribution in [3.05, 3.63) is 107 Å². The van der Waals surface area contributed by atoms with Gasteiger partial charge in [-0.25, -0.2) is 9.69 Å². The third-order valence-corrected chi connectivity index (χ3v) is 6.19. The maximum atomic E-state index is 13.9. The van der Waals surface area contributed by atoms with Crippen LogP contribution in [0, 0.1) is 12.8 Å². The van der Waals surface area contributed by atoms with E-state index >= 15 is 0 Å². The lowest BCUT2D eigenvalue weighted by Gasteiger charge is -2.28. The lowest BCUT2D eigenvalue weighted by atomic mass is 9.81. The van der Waals surface area contributed by atoms with Crippen LogP contribution in [0.5, 0.6) is 0 Å². The summed E-state index contributed by atoms with van der Waals surface area (Å²) in [6.45, 7) is 3.86. The van der Waals surface area contributed by atoms with Crippen molar-refractivity contribution < 1.29 is 19.1 Å². The van der Waals surface area contributed by atoms with Crippen molar-refractivity contribution >= 4 is 17.8 Å². The Kier molecular flexibility index (Phi) is 6.68. The molecule has 0 aliphatic carbocycles. The largest absolute Gasteiger partial charge is 0.447 e. The molecule has 1 fully saturated rings. The number of Topliss-reactive ketones (excluding diaryl/α,β-unsaturated/α-hetero) is 1. The molecule has 0 spiro atoms. The van der Waals surface area contributed by atoms with Gasteiger partial charge in [0.05, 0.1) is 12.0 Å². The van der Waals surface area contributed by atoms with Gasteiger partial charge in [0.2, 0.25) is 5.91 Å². The van der Waals surface area contributed by atoms with Crippen LogP contribution in [-0.2, 0) is 16.0 Å². The fourth-order valence-corrected chi connectivity index (χ4v) is 4.35. The van der Waals surface area contributed by atoms with Gasteiger partial charge < -0.3 is 4.74 Å². The zero-order valence-electron chi connectivity index (χ0n) is 18.8. The number of cyclic esters (lactones) is 1. The van der Waals surface area contributed by atoms with Crippen LogP contribution in [-0.4, -0.2) is 35.3 Å². The van der Waals surface area contributed by atoms with Crippen molar-refractivity contribution in [3.63, 3.8) is 0 Å². The Hall–Kier alpha value is -3.73. The number of imide groups is 1. The zero-order chi connectivity index (χ0) is 23.4. The topological polar surface area (TPSA) is 63.7 Å². The average molecular weight is 442 g/mol. The minimum Gasteiger partial charge on any atom is -0.447 e. The van der Waals surface area contributed by atoms with Gasteiger partial charge in [-0.1, -0.05) is 97.4 Å². The maximum Gasteiger partial charge on any atom is 0.417 e. The molecule has 0 radical (unpaired) electrons. The summed E-state index contributed by atoms with van der Waals surface area (Å²) in [6.07, 6.45) is -0.155. The highest BCUT2D eigenvalue weighted by Crippen LogP contribution is 2.32. The SMILES string of the molecule is Cc1ccc([C@@H](C(=O)N2C(=O)OC[C@H]2Cc2ccccc2)C(C)C(=O)c2ccccc2)cc1. The highest BCUT2D eigenvalue weighted by molar-refractivity contribution is 6.04. The summed E-state index contributed by atoms with van der Waals surface area (Å²) in [5, 5.41) is 0. The van der Waals surface area contributed by atoms with E-state index < -0.39 is 29.9 Å². The average Bonchev–Trinajstić information content (AvgIpc) is 3.20. The molecular weight excluding hydrogens is 414 g/mol. The number of ketones is 1. The summed E-state index contributed by atoms with van der Waals surface area (Å²) in [5.41, 5.74) is 3.31. The molecule has 168 valence electrons. The summed E-state index contributed by atoms with van der Waals surface area (Å²) in [6, 6.07) is 25.8. The molecule has 3 aromatic rings. The second-order valence-corrected chi connectivity index (χ2v) is 8.54. The van der Waals surface area contributed by atoms with Gasteiger partial charge in [-0.3, -0.25) is 9.59 Å². The quantitative estimate of drug-likeness (QED) is 0.474. The van der Waals surface area contributed by atoms with Crippen molar-refractivity contribution in [1.82, 2.24) is 4.90 Å². The molecule has 3 aromatic carbocycles. The molecule has 1 aliphatic heterocycles. The molecule has 1 saturated heterocycles. The van der Waals surface area contributed by atoms with E-state index in [1.165, 1.54) is 4.90 Å². The van der Waals surface area contributed by atoms with E-state index in [-0.39, 0.29) is 12.4 Å². The fraction of sp³-hybridized carbons (Fsp3) is 0.250. The van der Waals surface area contributed by atoms with Crippen LogP contribution in [0.15, 0.2) is 84.9 Å². The number of carbonyl (C=O) groups excluding carboxylic acids is 3. The van der Waals surface area contributed by atoms with Crippen molar-refractivity contribution in [3.8, 4) is 0 Å². The molecule has 1 heterocycles. The van der Waals surface area contributed by atoms with Crippen LogP contribution in [0.3, 0.4) is 0 Å². The first-order valence-electron chi connectivity index (χ1n) is 11.2. The van der Waals surface area contributed by atoms with Crippen molar-refractivity contribution in [2.45, 2.75) is 32.2 Å². The Morgan fingerprint density at radius 1 is 0.939 bits per heavy atom. The molecule has 3 atom stereocenters. The van der Waals surface area contributed by atoms with E-state index in [4.69, 9.17) is 4.74 Å². The first kappa shape index (κ1) is 22.5. The molecule has 4 rings (SSSR count). The normalized spacial score (nSPS) is 17.3. The molecule has 1 unspecified atom stereocenters. The van der Waals surface area contributed by atoms with Crippen LogP contribution >= 0.6 is 0 Å². The van der Waals surface area contributed by atoms with Crippen LogP contribution in [0.4, 0.5) is 4.79 Å². The minimum atomic E-state index is -0.803. The number of hydrogen-bond acceptors (Lipinski definition) is 4. The second kappa shape index (κ2) is 9.82. The predicted octanol–water partition coefficient (Wildman–Crippen LogP) is 5.19. The smallest absolute Gasteiger partial charge is 0.417 e. The Morgan fingerprint density at radius 3 is 2.18 bits per heavy atom. The van der Waals surface area contributed by atoms with Gasteiger partial charge in [0.1, 0.15) is 6.61 Å². The molecule has 0 N–H and O–H groups in total. The van der Waals surface area contributed by atoms with Crippen LogP contribution < -0.4 is 0 Å². The van der Waals surface area contributed by atoms with E-state index in [1.807, 2.05) is 67.6 Å². The number of hydrogen-bond donors (Lipinski definition) is 0. The molecule has 1 aliphatic rings. The highest BCUT2D eigenvalue weighted by atomic mass is 16.6. The number of rotatable bonds is 7. The Morgan fingerprint density at radius 2 is 1.55 bits per heavy atom. The summed E-state index contributed by atoms with van der Waals surface area (Å²) in [7, 11) is 0. The van der Waals surface area contributed by atoms with E-state index in [0.29, 0.717) is 17.5 Å². The van der Waals surface area contributed by atoms with E-state index in [9.17, 15) is 14.4 Å². The molecule has 0 saturated carbocycles. The first-order valence-corrected chi connectivity index (χ1v) is 11.2. The van der Waals surface area contributed by atoms with Crippen LogP contribution in [0.1, 0.15) is 39.9 Å². The maximum absolute atomic E-state index is 13.9. The number of benzene rings is 3. The first-order chi connectivity index (χ1) is 16.0. The van der Waals surface area contributed by atoms with Crippen molar-refractivity contribution in [1.29, 1.82) is 0 Å². The Bertz CT molecular complexity index is 1130. The molecule has 5 nitrogen and oxygen atoms in total. The third kappa shape index (κ3) is 4.87. The van der Waals surface area contributed by atoms with Gasteiger partial charge in [0.15, 0.2) is 5.78 Å². The number of amides is 2. The van der Waals surface area contributed by atoms with Crippen LogP contribution in [0.2, 0.25) is 0 Å². The Labute approximate surface area is 194 Å². The van der Waals surface area contributed by atoms with E-state index in [2.05, 4.69) is 0 Å². The van der Waals surface area contributed by atoms with Gasteiger partial charge in [-0.05, 0) is 24.5 Å². The number of aryl methyl sites for hydroxylation is 1. The monoisotopic (exact) mass is 441 g/mol. The second-order valence-electron chi connectivity index (χ2n) is 8.54. The number of ether oxygens (including phenoxy) is 1. The zero-order valence-corrected chi connectivity index (χ0v) is 18.8.